The van der Waals surface area contributed by atoms with Crippen LogP contribution in [0.3, 0.4) is 0 Å². The van der Waals surface area contributed by atoms with E-state index in [1.807, 2.05) is 0 Å². The Bertz CT molecular complexity index is 375. The zero-order valence-electron chi connectivity index (χ0n) is 7.90. The van der Waals surface area contributed by atoms with Gasteiger partial charge in [-0.3, -0.25) is 0 Å². The van der Waals surface area contributed by atoms with Crippen LogP contribution in [0.5, 0.6) is 0 Å². The zero-order valence-corrected chi connectivity index (χ0v) is 8.66. The fourth-order valence-corrected chi connectivity index (χ4v) is 1.47. The van der Waals surface area contributed by atoms with Crippen molar-refractivity contribution in [3.8, 4) is 0 Å². The summed E-state index contributed by atoms with van der Waals surface area (Å²) in [4.78, 5) is 0. The molecule has 0 unspecified atom stereocenters. The lowest BCUT2D eigenvalue weighted by Gasteiger charge is -2.15. The zero-order chi connectivity index (χ0) is 10.3. The molecule has 3 N–H and O–H groups in total. The topological polar surface area (TPSA) is 38.0 Å². The molecule has 1 aromatic carbocycles. The van der Waals surface area contributed by atoms with Crippen molar-refractivity contribution in [3.63, 3.8) is 0 Å². The van der Waals surface area contributed by atoms with Gasteiger partial charge >= 0.3 is 0 Å². The summed E-state index contributed by atoms with van der Waals surface area (Å²) in [5, 5.41) is 3.36. The third-order valence-corrected chi connectivity index (χ3v) is 2.82. The summed E-state index contributed by atoms with van der Waals surface area (Å²) < 4.78 is 13.0. The summed E-state index contributed by atoms with van der Waals surface area (Å²) in [6.07, 6.45) is 2.23. The van der Waals surface area contributed by atoms with Crippen LogP contribution in [0.15, 0.2) is 12.1 Å². The van der Waals surface area contributed by atoms with Crippen LogP contribution < -0.4 is 11.1 Å². The molecule has 0 saturated heterocycles. The van der Waals surface area contributed by atoms with Gasteiger partial charge in [0.1, 0.15) is 5.82 Å². The van der Waals surface area contributed by atoms with Crippen LogP contribution in [0.25, 0.3) is 0 Å². The average Bonchev–Trinajstić information content (AvgIpc) is 2.80. The first-order valence-electron chi connectivity index (χ1n) is 4.53. The lowest BCUT2D eigenvalue weighted by Crippen LogP contribution is -2.17. The van der Waals surface area contributed by atoms with E-state index in [1.165, 1.54) is 12.1 Å². The van der Waals surface area contributed by atoms with E-state index in [9.17, 15) is 4.39 Å². The van der Waals surface area contributed by atoms with Crippen molar-refractivity contribution in [1.82, 2.24) is 0 Å². The highest BCUT2D eigenvalue weighted by molar-refractivity contribution is 6.31. The summed E-state index contributed by atoms with van der Waals surface area (Å²) in [6.45, 7) is 2.10. The van der Waals surface area contributed by atoms with Gasteiger partial charge in [0.05, 0.1) is 16.4 Å². The Morgan fingerprint density at radius 2 is 2.14 bits per heavy atom. The van der Waals surface area contributed by atoms with Gasteiger partial charge in [0.25, 0.3) is 0 Å². The van der Waals surface area contributed by atoms with Crippen LogP contribution in [0, 0.1) is 5.82 Å². The maximum Gasteiger partial charge on any atom is 0.143 e. The summed E-state index contributed by atoms with van der Waals surface area (Å²) in [6, 6.07) is 2.78. The van der Waals surface area contributed by atoms with E-state index in [0.717, 1.165) is 18.5 Å². The van der Waals surface area contributed by atoms with Crippen LogP contribution >= 0.6 is 11.6 Å². The van der Waals surface area contributed by atoms with Crippen molar-refractivity contribution in [1.29, 1.82) is 0 Å². The minimum absolute atomic E-state index is 0.103. The monoisotopic (exact) mass is 214 g/mol. The van der Waals surface area contributed by atoms with Gasteiger partial charge in [0.15, 0.2) is 0 Å². The number of nitrogen functional groups attached to an aromatic ring is 1. The molecule has 0 spiro atoms. The molecule has 0 heterocycles. The summed E-state index contributed by atoms with van der Waals surface area (Å²) in [5.74, 6) is -0.476. The van der Waals surface area contributed by atoms with Crippen molar-refractivity contribution in [2.24, 2.45) is 0 Å². The number of anilines is 2. The highest BCUT2D eigenvalue weighted by atomic mass is 35.5. The van der Waals surface area contributed by atoms with E-state index in [0.29, 0.717) is 5.69 Å². The number of halogens is 2. The molecule has 0 atom stereocenters. The van der Waals surface area contributed by atoms with E-state index >= 15 is 0 Å². The predicted molar refractivity (Wildman–Crippen MR) is 57.1 cm³/mol. The maximum atomic E-state index is 13.0. The first kappa shape index (κ1) is 9.59. The minimum Gasteiger partial charge on any atom is -0.397 e. The van der Waals surface area contributed by atoms with Gasteiger partial charge in [-0.2, -0.15) is 0 Å². The number of nitrogens with one attached hydrogen (secondary N) is 1. The Hall–Kier alpha value is -0.960. The molecule has 14 heavy (non-hydrogen) atoms. The van der Waals surface area contributed by atoms with Gasteiger partial charge in [-0.15, -0.1) is 0 Å². The van der Waals surface area contributed by atoms with E-state index in [2.05, 4.69) is 12.2 Å². The van der Waals surface area contributed by atoms with E-state index in [1.54, 1.807) is 0 Å². The second kappa shape index (κ2) is 3.02. The Morgan fingerprint density at radius 3 is 2.71 bits per heavy atom. The molecule has 1 aliphatic carbocycles. The number of rotatable bonds is 2. The minimum atomic E-state index is -0.476. The number of nitrogens with two attached hydrogens (primary N) is 1. The first-order chi connectivity index (χ1) is 6.50. The second-order valence-electron chi connectivity index (χ2n) is 4.04. The van der Waals surface area contributed by atoms with Crippen LogP contribution in [0.4, 0.5) is 15.8 Å². The lowest BCUT2D eigenvalue weighted by atomic mass is 10.2. The van der Waals surface area contributed by atoms with Gasteiger partial charge in [0, 0.05) is 11.6 Å². The Kier molecular flexibility index (Phi) is 2.07. The van der Waals surface area contributed by atoms with Crippen molar-refractivity contribution in [2.45, 2.75) is 25.3 Å². The van der Waals surface area contributed by atoms with Crippen LogP contribution in [-0.4, -0.2) is 5.54 Å². The molecule has 0 bridgehead atoms. The fourth-order valence-electron chi connectivity index (χ4n) is 1.31. The van der Waals surface area contributed by atoms with Gasteiger partial charge in [0.2, 0.25) is 0 Å². The SMILES string of the molecule is CC1(Nc2cc(Cl)c(F)cc2N)CC1. The van der Waals surface area contributed by atoms with E-state index < -0.39 is 5.82 Å². The standard InChI is InChI=1S/C10H12ClFN2/c1-10(2-3-10)14-9-4-6(11)7(12)5-8(9)13/h4-5,14H,2-3,13H2,1H3. The first-order valence-corrected chi connectivity index (χ1v) is 4.91. The van der Waals surface area contributed by atoms with Crippen LogP contribution in [0.2, 0.25) is 5.02 Å². The van der Waals surface area contributed by atoms with Gasteiger partial charge in [-0.25, -0.2) is 4.39 Å². The third-order valence-electron chi connectivity index (χ3n) is 2.53. The molecule has 4 heteroatoms. The van der Waals surface area contributed by atoms with Crippen molar-refractivity contribution in [3.05, 3.63) is 23.0 Å². The predicted octanol–water partition coefficient (Wildman–Crippen LogP) is 3.03. The molecule has 1 aliphatic rings. The molecule has 1 aromatic rings. The fraction of sp³-hybridized carbons (Fsp3) is 0.400. The molecule has 1 fully saturated rings. The van der Waals surface area contributed by atoms with Gasteiger partial charge in [-0.1, -0.05) is 11.6 Å². The van der Waals surface area contributed by atoms with E-state index in [4.69, 9.17) is 17.3 Å². The normalized spacial score (nSPS) is 17.9. The summed E-state index contributed by atoms with van der Waals surface area (Å²) >= 11 is 5.66. The Balaban J connectivity index is 2.29. The molecule has 0 aromatic heterocycles. The number of hydrogen-bond acceptors (Lipinski definition) is 2. The number of benzene rings is 1. The van der Waals surface area contributed by atoms with Crippen LogP contribution in [-0.2, 0) is 0 Å². The smallest absolute Gasteiger partial charge is 0.143 e. The third kappa shape index (κ3) is 1.77. The molecule has 76 valence electrons. The highest BCUT2D eigenvalue weighted by Crippen LogP contribution is 2.40. The molecule has 1 saturated carbocycles. The molecule has 0 aliphatic heterocycles. The Labute approximate surface area is 87.2 Å². The van der Waals surface area contributed by atoms with Crippen molar-refractivity contribution < 1.29 is 4.39 Å². The molecular formula is C10H12ClFN2. The average molecular weight is 215 g/mol. The molecule has 2 rings (SSSR count). The number of hydrogen-bond donors (Lipinski definition) is 2. The van der Waals surface area contributed by atoms with E-state index in [-0.39, 0.29) is 10.6 Å². The van der Waals surface area contributed by atoms with Gasteiger partial charge in [-0.05, 0) is 25.8 Å². The molecule has 2 nitrogen and oxygen atoms in total. The van der Waals surface area contributed by atoms with Crippen molar-refractivity contribution in [2.75, 3.05) is 11.1 Å². The van der Waals surface area contributed by atoms with Crippen molar-refractivity contribution >= 4 is 23.0 Å². The maximum absolute atomic E-state index is 13.0. The summed E-state index contributed by atoms with van der Waals surface area (Å²) in [5.41, 5.74) is 6.91. The second-order valence-corrected chi connectivity index (χ2v) is 4.45. The van der Waals surface area contributed by atoms with Gasteiger partial charge < -0.3 is 11.1 Å². The van der Waals surface area contributed by atoms with Crippen LogP contribution in [0.1, 0.15) is 19.8 Å². The largest absolute Gasteiger partial charge is 0.397 e. The Morgan fingerprint density at radius 1 is 1.50 bits per heavy atom. The lowest BCUT2D eigenvalue weighted by molar-refractivity contribution is 0.629. The quantitative estimate of drug-likeness (QED) is 0.743. The highest BCUT2D eigenvalue weighted by Gasteiger charge is 2.37. The molecular weight excluding hydrogens is 203 g/mol. The molecule has 0 radical (unpaired) electrons. The summed E-state index contributed by atoms with van der Waals surface area (Å²) in [7, 11) is 0. The molecule has 0 amide bonds.